The van der Waals surface area contributed by atoms with Gasteiger partial charge in [-0.15, -0.1) is 0 Å². The molecule has 0 aliphatic rings. The summed E-state index contributed by atoms with van der Waals surface area (Å²) in [6.45, 7) is 10.7. The van der Waals surface area contributed by atoms with Gasteiger partial charge in [-0.25, -0.2) is 0 Å². The predicted octanol–water partition coefficient (Wildman–Crippen LogP) is 9.92. The van der Waals surface area contributed by atoms with E-state index in [-0.39, 0.29) is 12.5 Å². The van der Waals surface area contributed by atoms with Crippen LogP contribution in [0.15, 0.2) is 0 Å². The number of ether oxygens (including phenoxy) is 2. The van der Waals surface area contributed by atoms with Crippen LogP contribution >= 0.6 is 0 Å². The Hall–Kier alpha value is -0.120. The van der Waals surface area contributed by atoms with Crippen molar-refractivity contribution in [2.75, 3.05) is 13.2 Å². The molecule has 1 N–H and O–H groups in total. The van der Waals surface area contributed by atoms with E-state index in [0.717, 1.165) is 26.1 Å². The Morgan fingerprint density at radius 3 is 0.939 bits per heavy atom. The Balaban J connectivity index is 3.57. The van der Waals surface area contributed by atoms with Gasteiger partial charge < -0.3 is 9.47 Å². The second kappa shape index (κ2) is 28.1. The summed E-state index contributed by atoms with van der Waals surface area (Å²) in [5, 5.41) is 3.58. The Bertz CT molecular complexity index is 318. The standard InChI is InChI=1S/C30H63NO2/c1-5-9-11-13-15-17-19-21-23-25-27-32-29(7-3)31-30(8-4)33-28-26-24-22-20-18-16-14-12-10-6-2/h29-31H,5-28H2,1-4H3. The Morgan fingerprint density at radius 2 is 0.667 bits per heavy atom. The lowest BCUT2D eigenvalue weighted by molar-refractivity contribution is -0.0493. The van der Waals surface area contributed by atoms with Gasteiger partial charge in [-0.05, 0) is 25.7 Å². The van der Waals surface area contributed by atoms with Gasteiger partial charge in [0.05, 0.1) is 0 Å². The second-order valence-electron chi connectivity index (χ2n) is 10.1. The molecule has 0 aromatic heterocycles. The summed E-state index contributed by atoms with van der Waals surface area (Å²) in [7, 11) is 0. The van der Waals surface area contributed by atoms with Gasteiger partial charge in [0.2, 0.25) is 0 Å². The number of unbranched alkanes of at least 4 members (excludes halogenated alkanes) is 18. The minimum atomic E-state index is 0.126. The quantitative estimate of drug-likeness (QED) is 0.0913. The largest absolute Gasteiger partial charge is 0.363 e. The fraction of sp³-hybridized carbons (Fsp3) is 1.00. The highest BCUT2D eigenvalue weighted by atomic mass is 16.5. The minimum absolute atomic E-state index is 0.126. The van der Waals surface area contributed by atoms with E-state index < -0.39 is 0 Å². The third-order valence-corrected chi connectivity index (χ3v) is 6.75. The van der Waals surface area contributed by atoms with Crippen molar-refractivity contribution in [3.05, 3.63) is 0 Å². The molecule has 0 heterocycles. The fourth-order valence-electron chi connectivity index (χ4n) is 4.41. The summed E-state index contributed by atoms with van der Waals surface area (Å²) in [5.74, 6) is 0. The van der Waals surface area contributed by atoms with Gasteiger partial charge in [0.1, 0.15) is 12.5 Å². The summed E-state index contributed by atoms with van der Waals surface area (Å²) >= 11 is 0. The average Bonchev–Trinajstić information content (AvgIpc) is 2.83. The second-order valence-corrected chi connectivity index (χ2v) is 10.1. The smallest absolute Gasteiger partial charge is 0.109 e. The molecule has 0 aromatic rings. The molecule has 3 heteroatoms. The normalized spacial score (nSPS) is 13.5. The van der Waals surface area contributed by atoms with Crippen molar-refractivity contribution < 1.29 is 9.47 Å². The maximum Gasteiger partial charge on any atom is 0.109 e. The highest BCUT2D eigenvalue weighted by Gasteiger charge is 2.13. The van der Waals surface area contributed by atoms with E-state index in [9.17, 15) is 0 Å². The number of hydrogen-bond donors (Lipinski definition) is 1. The van der Waals surface area contributed by atoms with Crippen molar-refractivity contribution >= 4 is 0 Å². The van der Waals surface area contributed by atoms with Crippen LogP contribution in [0.3, 0.4) is 0 Å². The molecule has 0 rings (SSSR count). The molecule has 0 fully saturated rings. The summed E-state index contributed by atoms with van der Waals surface area (Å²) in [5.41, 5.74) is 0. The third kappa shape index (κ3) is 24.8. The van der Waals surface area contributed by atoms with Crippen molar-refractivity contribution in [1.82, 2.24) is 5.32 Å². The minimum Gasteiger partial charge on any atom is -0.363 e. The highest BCUT2D eigenvalue weighted by molar-refractivity contribution is 4.59. The van der Waals surface area contributed by atoms with Crippen molar-refractivity contribution in [1.29, 1.82) is 0 Å². The van der Waals surface area contributed by atoms with E-state index >= 15 is 0 Å². The van der Waals surface area contributed by atoms with E-state index in [0.29, 0.717) is 0 Å². The lowest BCUT2D eigenvalue weighted by Crippen LogP contribution is -2.41. The fourth-order valence-corrected chi connectivity index (χ4v) is 4.41. The zero-order chi connectivity index (χ0) is 24.2. The topological polar surface area (TPSA) is 30.5 Å². The summed E-state index contributed by atoms with van der Waals surface area (Å²) in [6, 6.07) is 0. The molecular formula is C30H63NO2. The van der Waals surface area contributed by atoms with Crippen LogP contribution in [-0.4, -0.2) is 25.7 Å². The van der Waals surface area contributed by atoms with Crippen molar-refractivity contribution in [3.63, 3.8) is 0 Å². The Morgan fingerprint density at radius 1 is 0.394 bits per heavy atom. The first kappa shape index (κ1) is 32.9. The predicted molar refractivity (Wildman–Crippen MR) is 147 cm³/mol. The van der Waals surface area contributed by atoms with Gasteiger partial charge in [-0.2, -0.15) is 0 Å². The number of hydrogen-bond acceptors (Lipinski definition) is 3. The Labute approximate surface area is 209 Å². The molecule has 0 radical (unpaired) electrons. The molecule has 2 unspecified atom stereocenters. The van der Waals surface area contributed by atoms with Gasteiger partial charge in [0.25, 0.3) is 0 Å². The molecule has 200 valence electrons. The molecule has 0 bridgehead atoms. The van der Waals surface area contributed by atoms with Crippen LogP contribution in [-0.2, 0) is 9.47 Å². The molecular weight excluding hydrogens is 406 g/mol. The van der Waals surface area contributed by atoms with Crippen LogP contribution in [0.25, 0.3) is 0 Å². The van der Waals surface area contributed by atoms with Gasteiger partial charge in [-0.1, -0.05) is 143 Å². The summed E-state index contributed by atoms with van der Waals surface area (Å²) in [4.78, 5) is 0. The Kier molecular flexibility index (Phi) is 28.0. The van der Waals surface area contributed by atoms with E-state index in [1.165, 1.54) is 128 Å². The first-order chi connectivity index (χ1) is 16.3. The number of rotatable bonds is 28. The molecule has 0 spiro atoms. The van der Waals surface area contributed by atoms with Crippen molar-refractivity contribution in [2.24, 2.45) is 0 Å². The van der Waals surface area contributed by atoms with E-state index in [1.54, 1.807) is 0 Å². The van der Waals surface area contributed by atoms with Crippen LogP contribution in [0.5, 0.6) is 0 Å². The molecule has 3 nitrogen and oxygen atoms in total. The van der Waals surface area contributed by atoms with Crippen LogP contribution in [0.4, 0.5) is 0 Å². The van der Waals surface area contributed by atoms with Gasteiger partial charge in [0.15, 0.2) is 0 Å². The van der Waals surface area contributed by atoms with Crippen molar-refractivity contribution in [3.8, 4) is 0 Å². The van der Waals surface area contributed by atoms with Gasteiger partial charge in [0, 0.05) is 13.2 Å². The van der Waals surface area contributed by atoms with Gasteiger partial charge >= 0.3 is 0 Å². The van der Waals surface area contributed by atoms with Crippen LogP contribution in [0, 0.1) is 0 Å². The molecule has 0 aromatic carbocycles. The lowest BCUT2D eigenvalue weighted by Gasteiger charge is -2.25. The molecule has 0 amide bonds. The van der Waals surface area contributed by atoms with E-state index in [4.69, 9.17) is 9.47 Å². The molecule has 0 aliphatic carbocycles. The monoisotopic (exact) mass is 469 g/mol. The number of nitrogens with one attached hydrogen (secondary N) is 1. The first-order valence-corrected chi connectivity index (χ1v) is 15.3. The highest BCUT2D eigenvalue weighted by Crippen LogP contribution is 2.12. The maximum absolute atomic E-state index is 6.11. The molecule has 33 heavy (non-hydrogen) atoms. The van der Waals surface area contributed by atoms with Crippen molar-refractivity contribution in [2.45, 2.75) is 181 Å². The molecule has 0 saturated carbocycles. The van der Waals surface area contributed by atoms with E-state index in [2.05, 4.69) is 33.0 Å². The molecule has 0 aliphatic heterocycles. The van der Waals surface area contributed by atoms with Crippen LogP contribution in [0.1, 0.15) is 169 Å². The third-order valence-electron chi connectivity index (χ3n) is 6.75. The SMILES string of the molecule is CCCCCCCCCCCCOC(CC)NC(CC)OCCCCCCCCCCCC. The molecule has 2 atom stereocenters. The zero-order valence-electron chi connectivity index (χ0n) is 23.4. The van der Waals surface area contributed by atoms with Gasteiger partial charge in [-0.3, -0.25) is 5.32 Å². The zero-order valence-corrected chi connectivity index (χ0v) is 23.4. The van der Waals surface area contributed by atoms with Crippen LogP contribution in [0.2, 0.25) is 0 Å². The maximum atomic E-state index is 6.11. The van der Waals surface area contributed by atoms with Crippen LogP contribution < -0.4 is 5.32 Å². The first-order valence-electron chi connectivity index (χ1n) is 15.3. The summed E-state index contributed by atoms with van der Waals surface area (Å²) in [6.07, 6.45) is 29.6. The van der Waals surface area contributed by atoms with E-state index in [1.807, 2.05) is 0 Å². The lowest BCUT2D eigenvalue weighted by atomic mass is 10.1. The molecule has 0 saturated heterocycles. The summed E-state index contributed by atoms with van der Waals surface area (Å²) < 4.78 is 12.2. The average molecular weight is 470 g/mol.